The molecule has 2 heterocycles. The zero-order chi connectivity index (χ0) is 27.1. The molecule has 0 spiro atoms. The number of carbonyl (C=O) groups excluding carboxylic acids is 4. The molecule has 0 aliphatic carbocycles. The second kappa shape index (κ2) is 9.27. The maximum atomic E-state index is 14.2. The lowest BCUT2D eigenvalue weighted by Crippen LogP contribution is -2.48. The highest BCUT2D eigenvalue weighted by atomic mass is 16.6. The first-order valence-electron chi connectivity index (χ1n) is 11.4. The molecular weight excluding hydrogens is 484 g/mol. The van der Waals surface area contributed by atoms with Crippen molar-refractivity contribution in [2.75, 3.05) is 13.7 Å². The summed E-state index contributed by atoms with van der Waals surface area (Å²) in [6.07, 6.45) is 3.64. The summed E-state index contributed by atoms with van der Waals surface area (Å²) >= 11 is 0. The van der Waals surface area contributed by atoms with Crippen molar-refractivity contribution >= 4 is 29.8 Å². The van der Waals surface area contributed by atoms with Crippen molar-refractivity contribution in [1.82, 2.24) is 0 Å². The fraction of sp³-hybridized carbons (Fsp3) is 0.333. The van der Waals surface area contributed by atoms with Crippen molar-refractivity contribution in [2.45, 2.75) is 45.8 Å². The molecule has 1 atom stereocenters. The number of methoxy groups -OCH3 is 1. The molecular formula is C27H26O10. The van der Waals surface area contributed by atoms with Crippen LogP contribution in [0.15, 0.2) is 30.3 Å². The van der Waals surface area contributed by atoms with E-state index in [-0.39, 0.29) is 34.1 Å². The molecule has 0 bridgehead atoms. The number of Topliss-reactive ketones (excluding diaryl/α,β-unsaturated/α-hetero) is 1. The minimum absolute atomic E-state index is 0.00606. The van der Waals surface area contributed by atoms with Gasteiger partial charge in [0.25, 0.3) is 0 Å². The molecule has 194 valence electrons. The van der Waals surface area contributed by atoms with E-state index in [1.54, 1.807) is 18.2 Å². The third-order valence-electron chi connectivity index (χ3n) is 5.72. The Labute approximate surface area is 213 Å². The van der Waals surface area contributed by atoms with Crippen molar-refractivity contribution in [2.24, 2.45) is 0 Å². The normalized spacial score (nSPS) is 18.9. The summed E-state index contributed by atoms with van der Waals surface area (Å²) in [6.45, 7) is 6.87. The summed E-state index contributed by atoms with van der Waals surface area (Å²) in [5.41, 5.74) is -1.95. The van der Waals surface area contributed by atoms with Crippen molar-refractivity contribution in [3.8, 4) is 28.7 Å². The van der Waals surface area contributed by atoms with Gasteiger partial charge in [-0.1, -0.05) is 0 Å². The van der Waals surface area contributed by atoms with E-state index in [1.807, 2.05) is 19.9 Å². The van der Waals surface area contributed by atoms with E-state index < -0.39 is 41.5 Å². The maximum Gasteiger partial charge on any atom is 0.308 e. The van der Waals surface area contributed by atoms with Gasteiger partial charge in [-0.3, -0.25) is 19.2 Å². The number of carbonyl (C=O) groups is 4. The maximum absolute atomic E-state index is 14.2. The van der Waals surface area contributed by atoms with Gasteiger partial charge in [-0.05, 0) is 38.1 Å². The van der Waals surface area contributed by atoms with Crippen LogP contribution in [0.3, 0.4) is 0 Å². The van der Waals surface area contributed by atoms with E-state index in [2.05, 4.69) is 0 Å². The van der Waals surface area contributed by atoms with Crippen molar-refractivity contribution in [1.29, 1.82) is 0 Å². The first-order chi connectivity index (χ1) is 17.4. The summed E-state index contributed by atoms with van der Waals surface area (Å²) < 4.78 is 33.7. The zero-order valence-electron chi connectivity index (χ0n) is 21.3. The van der Waals surface area contributed by atoms with Gasteiger partial charge in [0.1, 0.15) is 46.5 Å². The molecule has 2 aromatic rings. The average molecular weight is 510 g/mol. The molecule has 0 amide bonds. The third kappa shape index (κ3) is 4.74. The molecule has 10 nitrogen and oxygen atoms in total. The van der Waals surface area contributed by atoms with Crippen LogP contribution in [0.2, 0.25) is 0 Å². The second-order valence-electron chi connectivity index (χ2n) is 9.12. The molecule has 2 aliphatic rings. The van der Waals surface area contributed by atoms with Crippen LogP contribution in [0.4, 0.5) is 0 Å². The van der Waals surface area contributed by atoms with Gasteiger partial charge in [0.05, 0.1) is 12.7 Å². The van der Waals surface area contributed by atoms with Crippen molar-refractivity contribution in [3.05, 3.63) is 47.0 Å². The third-order valence-corrected chi connectivity index (χ3v) is 5.72. The predicted molar refractivity (Wildman–Crippen MR) is 129 cm³/mol. The van der Waals surface area contributed by atoms with Gasteiger partial charge in [0.2, 0.25) is 11.4 Å². The summed E-state index contributed by atoms with van der Waals surface area (Å²) in [6, 6.07) is 5.77. The van der Waals surface area contributed by atoms with Crippen LogP contribution in [0.25, 0.3) is 6.08 Å². The number of ketones is 1. The molecule has 0 aromatic heterocycles. The SMILES string of the molecule is COc1c(C2(OC(C)=O)COc3cc(OC(C)=O)cc(OC(C)=O)c3C2=O)ccc2c1C=CC(C)(C)O2. The smallest absolute Gasteiger partial charge is 0.308 e. The second-order valence-corrected chi connectivity index (χ2v) is 9.12. The average Bonchev–Trinajstić information content (AvgIpc) is 2.78. The molecule has 2 aliphatic heterocycles. The van der Waals surface area contributed by atoms with E-state index in [0.717, 1.165) is 13.8 Å². The Morgan fingerprint density at radius 1 is 0.946 bits per heavy atom. The van der Waals surface area contributed by atoms with Gasteiger partial charge in [-0.15, -0.1) is 0 Å². The minimum Gasteiger partial charge on any atom is -0.496 e. The molecule has 0 saturated carbocycles. The summed E-state index contributed by atoms with van der Waals surface area (Å²) in [5.74, 6) is -2.27. The Kier molecular flexibility index (Phi) is 6.45. The summed E-state index contributed by atoms with van der Waals surface area (Å²) in [7, 11) is 1.42. The van der Waals surface area contributed by atoms with E-state index in [9.17, 15) is 19.2 Å². The highest BCUT2D eigenvalue weighted by Crippen LogP contribution is 2.49. The van der Waals surface area contributed by atoms with Gasteiger partial charge < -0.3 is 28.4 Å². The molecule has 0 N–H and O–H groups in total. The highest BCUT2D eigenvalue weighted by molar-refractivity contribution is 6.10. The molecule has 1 unspecified atom stereocenters. The lowest BCUT2D eigenvalue weighted by atomic mass is 9.81. The molecule has 2 aromatic carbocycles. The highest BCUT2D eigenvalue weighted by Gasteiger charge is 2.53. The summed E-state index contributed by atoms with van der Waals surface area (Å²) in [5, 5.41) is 0. The van der Waals surface area contributed by atoms with E-state index in [4.69, 9.17) is 28.4 Å². The van der Waals surface area contributed by atoms with Crippen LogP contribution in [-0.4, -0.2) is 43.0 Å². The number of benzene rings is 2. The predicted octanol–water partition coefficient (Wildman–Crippen LogP) is 3.76. The Bertz CT molecular complexity index is 1350. The van der Waals surface area contributed by atoms with Crippen LogP contribution in [0.5, 0.6) is 28.7 Å². The van der Waals surface area contributed by atoms with Crippen LogP contribution >= 0.6 is 0 Å². The fourth-order valence-electron chi connectivity index (χ4n) is 4.35. The monoisotopic (exact) mass is 510 g/mol. The molecule has 4 rings (SSSR count). The molecule has 0 fully saturated rings. The van der Waals surface area contributed by atoms with Crippen LogP contribution in [-0.2, 0) is 24.7 Å². The van der Waals surface area contributed by atoms with Gasteiger partial charge in [-0.2, -0.15) is 0 Å². The molecule has 0 saturated heterocycles. The first kappa shape index (κ1) is 25.7. The lowest BCUT2D eigenvalue weighted by Gasteiger charge is -2.38. The van der Waals surface area contributed by atoms with Gasteiger partial charge >= 0.3 is 17.9 Å². The van der Waals surface area contributed by atoms with E-state index >= 15 is 0 Å². The van der Waals surface area contributed by atoms with Crippen molar-refractivity contribution in [3.63, 3.8) is 0 Å². The molecule has 0 radical (unpaired) electrons. The Hall–Kier alpha value is -4.34. The van der Waals surface area contributed by atoms with Crippen LogP contribution in [0.1, 0.15) is 56.1 Å². The van der Waals surface area contributed by atoms with Crippen molar-refractivity contribution < 1.29 is 47.6 Å². The standard InChI is InChI=1S/C27H26O10/c1-14(28)34-17-11-21-23(22(12-17)35-15(2)29)25(31)27(13-33-21,36-16(3)30)19-7-8-20-18(24(19)32-6)9-10-26(4,5)37-20/h7-12H,13H2,1-6H3. The fourth-order valence-corrected chi connectivity index (χ4v) is 4.35. The number of esters is 3. The van der Waals surface area contributed by atoms with E-state index in [0.29, 0.717) is 11.3 Å². The number of rotatable bonds is 5. The Morgan fingerprint density at radius 2 is 1.65 bits per heavy atom. The zero-order valence-corrected chi connectivity index (χ0v) is 21.3. The molecule has 37 heavy (non-hydrogen) atoms. The Morgan fingerprint density at radius 3 is 2.27 bits per heavy atom. The van der Waals surface area contributed by atoms with Crippen LogP contribution in [0, 0.1) is 0 Å². The van der Waals surface area contributed by atoms with Gasteiger partial charge in [0, 0.05) is 38.5 Å². The van der Waals surface area contributed by atoms with Gasteiger partial charge in [-0.25, -0.2) is 0 Å². The quantitative estimate of drug-likeness (QED) is 0.434. The number of ether oxygens (including phenoxy) is 6. The number of fused-ring (bicyclic) bond motifs is 2. The largest absolute Gasteiger partial charge is 0.496 e. The lowest BCUT2D eigenvalue weighted by molar-refractivity contribution is -0.157. The molecule has 10 heteroatoms. The first-order valence-corrected chi connectivity index (χ1v) is 11.4. The van der Waals surface area contributed by atoms with Gasteiger partial charge in [0.15, 0.2) is 0 Å². The Balaban J connectivity index is 1.94. The van der Waals surface area contributed by atoms with Crippen LogP contribution < -0.4 is 23.7 Å². The minimum atomic E-state index is -1.99. The number of hydrogen-bond donors (Lipinski definition) is 0. The summed E-state index contributed by atoms with van der Waals surface area (Å²) in [4.78, 5) is 49.8. The van der Waals surface area contributed by atoms with E-state index in [1.165, 1.54) is 26.2 Å². The number of hydrogen-bond acceptors (Lipinski definition) is 10. The topological polar surface area (TPSA) is 124 Å².